The molecule has 0 fully saturated rings. The number of thiophene rings is 1. The van der Waals surface area contributed by atoms with Gasteiger partial charge < -0.3 is 5.32 Å². The summed E-state index contributed by atoms with van der Waals surface area (Å²) >= 11 is 1.33. The van der Waals surface area contributed by atoms with E-state index < -0.39 is 10.0 Å². The highest BCUT2D eigenvalue weighted by Gasteiger charge is 2.16. The summed E-state index contributed by atoms with van der Waals surface area (Å²) in [7, 11) is -1.87. The lowest BCUT2D eigenvalue weighted by Gasteiger charge is -2.16. The van der Waals surface area contributed by atoms with Crippen molar-refractivity contribution in [3.05, 3.63) is 64.8 Å². The third-order valence-electron chi connectivity index (χ3n) is 4.30. The van der Waals surface area contributed by atoms with Gasteiger partial charge in [0.1, 0.15) is 5.82 Å². The maximum absolute atomic E-state index is 13.0. The minimum absolute atomic E-state index is 0.231. The molecule has 0 aliphatic rings. The van der Waals surface area contributed by atoms with Crippen LogP contribution < -0.4 is 9.62 Å². The van der Waals surface area contributed by atoms with E-state index in [1.54, 1.807) is 36.4 Å². The van der Waals surface area contributed by atoms with E-state index in [0.717, 1.165) is 21.9 Å². The van der Waals surface area contributed by atoms with Crippen molar-refractivity contribution >= 4 is 43.0 Å². The van der Waals surface area contributed by atoms with Gasteiger partial charge in [0.25, 0.3) is 5.91 Å². The fourth-order valence-corrected chi connectivity index (χ4v) is 4.08. The highest BCUT2D eigenvalue weighted by Crippen LogP contribution is 2.30. The second-order valence-electron chi connectivity index (χ2n) is 6.31. The van der Waals surface area contributed by atoms with Crippen molar-refractivity contribution in [2.24, 2.45) is 0 Å². The lowest BCUT2D eigenvalue weighted by Crippen LogP contribution is -2.25. The Morgan fingerprint density at radius 3 is 2.44 bits per heavy atom. The molecule has 0 spiro atoms. The third-order valence-corrected chi connectivity index (χ3v) is 6.62. The Bertz CT molecular complexity index is 1090. The minimum atomic E-state index is -3.35. The molecule has 0 radical (unpaired) electrons. The van der Waals surface area contributed by atoms with Crippen molar-refractivity contribution in [3.8, 4) is 0 Å². The molecule has 1 atom stereocenters. The van der Waals surface area contributed by atoms with Gasteiger partial charge in [-0.15, -0.1) is 11.3 Å². The van der Waals surface area contributed by atoms with E-state index in [-0.39, 0.29) is 17.8 Å². The van der Waals surface area contributed by atoms with E-state index in [1.165, 1.54) is 34.8 Å². The van der Waals surface area contributed by atoms with Gasteiger partial charge in [0.2, 0.25) is 10.0 Å². The summed E-state index contributed by atoms with van der Waals surface area (Å²) in [4.78, 5) is 13.1. The number of hydrogen-bond acceptors (Lipinski definition) is 4. The summed E-state index contributed by atoms with van der Waals surface area (Å²) in [5.41, 5.74) is 1.34. The molecule has 3 aromatic rings. The standard InChI is InChI=1S/C19H19FN2O3S2/c1-12(13-4-6-15(20)7-5-13)21-19(23)18-11-14-10-16(8-9-17(14)26-18)22(2)27(3,24)25/h4-12H,1-3H3,(H,21,23)/t12-/m1/s1. The van der Waals surface area contributed by atoms with Gasteiger partial charge >= 0.3 is 0 Å². The first-order valence-electron chi connectivity index (χ1n) is 8.19. The van der Waals surface area contributed by atoms with Gasteiger partial charge in [-0.1, -0.05) is 12.1 Å². The van der Waals surface area contributed by atoms with Crippen LogP contribution in [0.3, 0.4) is 0 Å². The molecule has 8 heteroatoms. The molecule has 2 aromatic carbocycles. The number of amides is 1. The first-order valence-corrected chi connectivity index (χ1v) is 10.9. The van der Waals surface area contributed by atoms with Crippen LogP contribution >= 0.6 is 11.3 Å². The lowest BCUT2D eigenvalue weighted by atomic mass is 10.1. The highest BCUT2D eigenvalue weighted by atomic mass is 32.2. The van der Waals surface area contributed by atoms with Gasteiger partial charge in [0.05, 0.1) is 22.9 Å². The quantitative estimate of drug-likeness (QED) is 0.698. The second-order valence-corrected chi connectivity index (χ2v) is 9.41. The minimum Gasteiger partial charge on any atom is -0.345 e. The first-order chi connectivity index (χ1) is 12.6. The second kappa shape index (κ2) is 7.28. The molecule has 142 valence electrons. The molecule has 0 aliphatic carbocycles. The zero-order chi connectivity index (χ0) is 19.8. The third kappa shape index (κ3) is 4.28. The molecule has 27 heavy (non-hydrogen) atoms. The van der Waals surface area contributed by atoms with Gasteiger partial charge in [0, 0.05) is 11.7 Å². The molecule has 0 bridgehead atoms. The predicted molar refractivity (Wildman–Crippen MR) is 107 cm³/mol. The Hall–Kier alpha value is -2.45. The number of nitrogens with one attached hydrogen (secondary N) is 1. The van der Waals surface area contributed by atoms with E-state index in [1.807, 2.05) is 6.92 Å². The van der Waals surface area contributed by atoms with Crippen molar-refractivity contribution in [3.63, 3.8) is 0 Å². The van der Waals surface area contributed by atoms with Crippen molar-refractivity contribution in [2.75, 3.05) is 17.6 Å². The van der Waals surface area contributed by atoms with Gasteiger partial charge in [0.15, 0.2) is 0 Å². The zero-order valence-corrected chi connectivity index (χ0v) is 16.7. The number of anilines is 1. The van der Waals surface area contributed by atoms with Crippen LogP contribution in [0.4, 0.5) is 10.1 Å². The Balaban J connectivity index is 1.82. The molecule has 0 unspecified atom stereocenters. The molecule has 1 heterocycles. The number of halogens is 1. The molecule has 1 amide bonds. The van der Waals surface area contributed by atoms with Crippen molar-refractivity contribution < 1.29 is 17.6 Å². The van der Waals surface area contributed by atoms with Crippen LogP contribution in [0, 0.1) is 5.82 Å². The number of carbonyl (C=O) groups excluding carboxylic acids is 1. The van der Waals surface area contributed by atoms with Crippen LogP contribution in [0.1, 0.15) is 28.2 Å². The monoisotopic (exact) mass is 406 g/mol. The Kier molecular flexibility index (Phi) is 5.21. The number of sulfonamides is 1. The Labute approximate surface area is 161 Å². The van der Waals surface area contributed by atoms with Crippen LogP contribution in [0.15, 0.2) is 48.5 Å². The molecule has 1 N–H and O–H groups in total. The van der Waals surface area contributed by atoms with E-state index in [4.69, 9.17) is 0 Å². The number of rotatable bonds is 5. The van der Waals surface area contributed by atoms with Crippen molar-refractivity contribution in [1.82, 2.24) is 5.32 Å². The lowest BCUT2D eigenvalue weighted by molar-refractivity contribution is 0.0944. The molecule has 5 nitrogen and oxygen atoms in total. The predicted octanol–water partition coefficient (Wildman–Crippen LogP) is 3.93. The van der Waals surface area contributed by atoms with E-state index in [2.05, 4.69) is 5.32 Å². The normalized spacial score (nSPS) is 12.7. The van der Waals surface area contributed by atoms with Gasteiger partial charge in [-0.25, -0.2) is 12.8 Å². The molecule has 0 saturated heterocycles. The van der Waals surface area contributed by atoms with Gasteiger partial charge in [-0.2, -0.15) is 0 Å². The molecule has 3 rings (SSSR count). The zero-order valence-electron chi connectivity index (χ0n) is 15.1. The van der Waals surface area contributed by atoms with Crippen LogP contribution in [0.25, 0.3) is 10.1 Å². The van der Waals surface area contributed by atoms with E-state index in [0.29, 0.717) is 10.6 Å². The van der Waals surface area contributed by atoms with Crippen molar-refractivity contribution in [2.45, 2.75) is 13.0 Å². The van der Waals surface area contributed by atoms with Gasteiger partial charge in [-0.05, 0) is 54.3 Å². The smallest absolute Gasteiger partial charge is 0.261 e. The number of carbonyl (C=O) groups is 1. The van der Waals surface area contributed by atoms with E-state index >= 15 is 0 Å². The SMILES string of the molecule is C[C@@H](NC(=O)c1cc2cc(N(C)S(C)(=O)=O)ccc2s1)c1ccc(F)cc1. The fraction of sp³-hybridized carbons (Fsp3) is 0.211. The largest absolute Gasteiger partial charge is 0.345 e. The van der Waals surface area contributed by atoms with Gasteiger partial charge in [-0.3, -0.25) is 9.10 Å². The Morgan fingerprint density at radius 2 is 1.81 bits per heavy atom. The average molecular weight is 407 g/mol. The maximum atomic E-state index is 13.0. The average Bonchev–Trinajstić information content (AvgIpc) is 3.04. The summed E-state index contributed by atoms with van der Waals surface area (Å²) in [5.74, 6) is -0.553. The summed E-state index contributed by atoms with van der Waals surface area (Å²) in [6.07, 6.45) is 1.14. The first kappa shape index (κ1) is 19.3. The number of fused-ring (bicyclic) bond motifs is 1. The molecule has 0 saturated carbocycles. The summed E-state index contributed by atoms with van der Waals surface area (Å²) < 4.78 is 38.5. The summed E-state index contributed by atoms with van der Waals surface area (Å²) in [6, 6.07) is 12.7. The highest BCUT2D eigenvalue weighted by molar-refractivity contribution is 7.92. The topological polar surface area (TPSA) is 66.5 Å². The molecular weight excluding hydrogens is 387 g/mol. The number of benzene rings is 2. The molecular formula is C19H19FN2O3S2. The fourth-order valence-electron chi connectivity index (χ4n) is 2.63. The van der Waals surface area contributed by atoms with E-state index in [9.17, 15) is 17.6 Å². The van der Waals surface area contributed by atoms with Crippen molar-refractivity contribution in [1.29, 1.82) is 0 Å². The van der Waals surface area contributed by atoms with Crippen LogP contribution in [0.2, 0.25) is 0 Å². The summed E-state index contributed by atoms with van der Waals surface area (Å²) in [6.45, 7) is 1.83. The molecule has 0 aliphatic heterocycles. The van der Waals surface area contributed by atoms with Crippen LogP contribution in [-0.2, 0) is 10.0 Å². The van der Waals surface area contributed by atoms with Crippen LogP contribution in [-0.4, -0.2) is 27.6 Å². The van der Waals surface area contributed by atoms with Crippen LogP contribution in [0.5, 0.6) is 0 Å². The number of nitrogens with zero attached hydrogens (tertiary/aromatic N) is 1. The number of hydrogen-bond donors (Lipinski definition) is 1. The maximum Gasteiger partial charge on any atom is 0.261 e. The molecule has 1 aromatic heterocycles. The Morgan fingerprint density at radius 1 is 1.15 bits per heavy atom. The summed E-state index contributed by atoms with van der Waals surface area (Å²) in [5, 5.41) is 3.70.